The zero-order valence-electron chi connectivity index (χ0n) is 14.8. The van der Waals surface area contributed by atoms with Crippen LogP contribution in [-0.4, -0.2) is 35.0 Å². The van der Waals surface area contributed by atoms with E-state index < -0.39 is 16.8 Å². The topological polar surface area (TPSA) is 72.5 Å². The van der Waals surface area contributed by atoms with Gasteiger partial charge in [0.1, 0.15) is 0 Å². The SMILES string of the molecule is CS(=O)Cc1cccc(C(=O)OCC(=O)NC2CCCCCCC2)c1. The van der Waals surface area contributed by atoms with Crippen LogP contribution in [0.15, 0.2) is 24.3 Å². The van der Waals surface area contributed by atoms with Crippen LogP contribution in [0.2, 0.25) is 0 Å². The Balaban J connectivity index is 1.80. The minimum absolute atomic E-state index is 0.189. The van der Waals surface area contributed by atoms with Crippen molar-refractivity contribution in [1.82, 2.24) is 5.32 Å². The highest BCUT2D eigenvalue weighted by Crippen LogP contribution is 2.17. The van der Waals surface area contributed by atoms with Crippen LogP contribution < -0.4 is 5.32 Å². The summed E-state index contributed by atoms with van der Waals surface area (Å²) in [6.07, 6.45) is 9.60. The predicted octanol–water partition coefficient (Wildman–Crippen LogP) is 2.95. The highest BCUT2D eigenvalue weighted by molar-refractivity contribution is 7.83. The average Bonchev–Trinajstić information content (AvgIpc) is 2.54. The van der Waals surface area contributed by atoms with E-state index in [2.05, 4.69) is 5.32 Å². The number of rotatable bonds is 6. The molecular weight excluding hydrogens is 338 g/mol. The zero-order valence-corrected chi connectivity index (χ0v) is 15.6. The van der Waals surface area contributed by atoms with Crippen molar-refractivity contribution in [1.29, 1.82) is 0 Å². The van der Waals surface area contributed by atoms with Gasteiger partial charge in [-0.1, -0.05) is 44.2 Å². The van der Waals surface area contributed by atoms with Crippen LogP contribution >= 0.6 is 0 Å². The first kappa shape index (κ1) is 19.6. The van der Waals surface area contributed by atoms with Gasteiger partial charge in [0.2, 0.25) is 0 Å². The lowest BCUT2D eigenvalue weighted by Crippen LogP contribution is -2.38. The molecule has 0 saturated heterocycles. The number of carbonyl (C=O) groups excluding carboxylic acids is 2. The first-order chi connectivity index (χ1) is 12.0. The van der Waals surface area contributed by atoms with Crippen LogP contribution in [0.3, 0.4) is 0 Å². The van der Waals surface area contributed by atoms with E-state index in [1.165, 1.54) is 19.3 Å². The van der Waals surface area contributed by atoms with Crippen molar-refractivity contribution >= 4 is 22.7 Å². The van der Waals surface area contributed by atoms with Gasteiger partial charge in [-0.25, -0.2) is 4.79 Å². The summed E-state index contributed by atoms with van der Waals surface area (Å²) < 4.78 is 16.4. The van der Waals surface area contributed by atoms with Crippen molar-refractivity contribution in [3.05, 3.63) is 35.4 Å². The van der Waals surface area contributed by atoms with Crippen LogP contribution in [0, 0.1) is 0 Å². The summed E-state index contributed by atoms with van der Waals surface area (Å²) in [5, 5.41) is 2.97. The third-order valence-electron chi connectivity index (χ3n) is 4.34. The number of nitrogens with one attached hydrogen (secondary N) is 1. The monoisotopic (exact) mass is 365 g/mol. The molecule has 1 amide bonds. The molecule has 1 aliphatic carbocycles. The predicted molar refractivity (Wildman–Crippen MR) is 98.7 cm³/mol. The zero-order chi connectivity index (χ0) is 18.1. The van der Waals surface area contributed by atoms with Gasteiger partial charge in [-0.15, -0.1) is 0 Å². The van der Waals surface area contributed by atoms with Crippen LogP contribution in [-0.2, 0) is 26.1 Å². The molecule has 1 N–H and O–H groups in total. The first-order valence-electron chi connectivity index (χ1n) is 8.90. The molecule has 0 bridgehead atoms. The molecule has 1 aromatic rings. The summed E-state index contributed by atoms with van der Waals surface area (Å²) in [5.41, 5.74) is 1.19. The van der Waals surface area contributed by atoms with E-state index in [1.54, 1.807) is 24.5 Å². The van der Waals surface area contributed by atoms with Gasteiger partial charge in [0.05, 0.1) is 5.56 Å². The molecule has 1 aromatic carbocycles. The Morgan fingerprint density at radius 1 is 1.16 bits per heavy atom. The summed E-state index contributed by atoms with van der Waals surface area (Å²) in [6, 6.07) is 7.04. The second-order valence-electron chi connectivity index (χ2n) is 6.60. The summed E-state index contributed by atoms with van der Waals surface area (Å²) in [4.78, 5) is 24.1. The standard InChI is InChI=1S/C19H27NO4S/c1-25(23)14-15-8-7-9-16(12-15)19(22)24-13-18(21)20-17-10-5-3-2-4-6-11-17/h7-9,12,17H,2-6,10-11,13-14H2,1H3,(H,20,21). The van der Waals surface area contributed by atoms with Crippen molar-refractivity contribution in [2.45, 2.75) is 56.7 Å². The summed E-state index contributed by atoms with van der Waals surface area (Å²) in [6.45, 7) is -0.265. The normalized spacial score (nSPS) is 17.2. The van der Waals surface area contributed by atoms with Crippen LogP contribution in [0.1, 0.15) is 60.9 Å². The maximum Gasteiger partial charge on any atom is 0.338 e. The van der Waals surface area contributed by atoms with Gasteiger partial charge < -0.3 is 10.1 Å². The molecule has 0 radical (unpaired) electrons. The van der Waals surface area contributed by atoms with Gasteiger partial charge in [0, 0.05) is 28.9 Å². The van der Waals surface area contributed by atoms with Crippen molar-refractivity contribution in [3.8, 4) is 0 Å². The number of amides is 1. The minimum Gasteiger partial charge on any atom is -0.452 e. The molecule has 1 atom stereocenters. The smallest absolute Gasteiger partial charge is 0.338 e. The quantitative estimate of drug-likeness (QED) is 0.787. The Bertz CT molecular complexity index is 609. The second kappa shape index (κ2) is 10.3. The average molecular weight is 365 g/mol. The lowest BCUT2D eigenvalue weighted by Gasteiger charge is -2.20. The molecule has 0 spiro atoms. The maximum absolute atomic E-state index is 12.1. The fraction of sp³-hybridized carbons (Fsp3) is 0.579. The molecule has 138 valence electrons. The molecule has 0 aliphatic heterocycles. The third kappa shape index (κ3) is 7.38. The molecule has 0 heterocycles. The Labute approximate surface area is 152 Å². The highest BCUT2D eigenvalue weighted by Gasteiger charge is 2.16. The van der Waals surface area contributed by atoms with Gasteiger partial charge in [0.15, 0.2) is 6.61 Å². The molecule has 0 aromatic heterocycles. The number of carbonyl (C=O) groups is 2. The summed E-state index contributed by atoms with van der Waals surface area (Å²) >= 11 is 0. The fourth-order valence-corrected chi connectivity index (χ4v) is 3.76. The molecule has 2 rings (SSSR count). The Morgan fingerprint density at radius 2 is 1.84 bits per heavy atom. The number of esters is 1. The molecule has 1 aliphatic rings. The summed E-state index contributed by atoms with van der Waals surface area (Å²) in [5.74, 6) is -0.384. The number of hydrogen-bond acceptors (Lipinski definition) is 4. The molecular formula is C19H27NO4S. The van der Waals surface area contributed by atoms with Crippen LogP contribution in [0.4, 0.5) is 0 Å². The first-order valence-corrected chi connectivity index (χ1v) is 10.6. The fourth-order valence-electron chi connectivity index (χ4n) is 3.11. The van der Waals surface area contributed by atoms with Crippen molar-refractivity contribution in [2.24, 2.45) is 0 Å². The van der Waals surface area contributed by atoms with Crippen LogP contribution in [0.25, 0.3) is 0 Å². The van der Waals surface area contributed by atoms with Crippen molar-refractivity contribution < 1.29 is 18.5 Å². The van der Waals surface area contributed by atoms with Crippen LogP contribution in [0.5, 0.6) is 0 Å². The third-order valence-corrected chi connectivity index (χ3v) is 5.08. The second-order valence-corrected chi connectivity index (χ2v) is 8.04. The van der Waals surface area contributed by atoms with Gasteiger partial charge in [-0.2, -0.15) is 0 Å². The van der Waals surface area contributed by atoms with E-state index in [4.69, 9.17) is 4.74 Å². The molecule has 6 heteroatoms. The number of ether oxygens (including phenoxy) is 1. The number of hydrogen-bond donors (Lipinski definition) is 1. The van der Waals surface area contributed by atoms with Gasteiger partial charge in [-0.3, -0.25) is 9.00 Å². The van der Waals surface area contributed by atoms with E-state index >= 15 is 0 Å². The van der Waals surface area contributed by atoms with Crippen molar-refractivity contribution in [2.75, 3.05) is 12.9 Å². The summed E-state index contributed by atoms with van der Waals surface area (Å²) in [7, 11) is -0.972. The van der Waals surface area contributed by atoms with Crippen molar-refractivity contribution in [3.63, 3.8) is 0 Å². The Hall–Kier alpha value is -1.69. The van der Waals surface area contributed by atoms with Gasteiger partial charge in [-0.05, 0) is 30.5 Å². The molecule has 1 saturated carbocycles. The van der Waals surface area contributed by atoms with E-state index in [1.807, 2.05) is 6.07 Å². The molecule has 1 fully saturated rings. The van der Waals surface area contributed by atoms with Gasteiger partial charge in [0.25, 0.3) is 5.91 Å². The lowest BCUT2D eigenvalue weighted by molar-refractivity contribution is -0.125. The van der Waals surface area contributed by atoms with E-state index in [9.17, 15) is 13.8 Å². The van der Waals surface area contributed by atoms with E-state index in [0.29, 0.717) is 11.3 Å². The lowest BCUT2D eigenvalue weighted by atomic mass is 9.97. The van der Waals surface area contributed by atoms with E-state index in [0.717, 1.165) is 31.2 Å². The Kier molecular flexibility index (Phi) is 8.12. The molecule has 5 nitrogen and oxygen atoms in total. The van der Waals surface area contributed by atoms with Gasteiger partial charge >= 0.3 is 5.97 Å². The maximum atomic E-state index is 12.1. The number of benzene rings is 1. The highest BCUT2D eigenvalue weighted by atomic mass is 32.2. The minimum atomic E-state index is -0.972. The Morgan fingerprint density at radius 3 is 2.52 bits per heavy atom. The largest absolute Gasteiger partial charge is 0.452 e. The van der Waals surface area contributed by atoms with E-state index in [-0.39, 0.29) is 18.6 Å². The molecule has 1 unspecified atom stereocenters. The molecule has 25 heavy (non-hydrogen) atoms.